The van der Waals surface area contributed by atoms with Gasteiger partial charge in [0.1, 0.15) is 0 Å². The topological polar surface area (TPSA) is 42.2 Å². The maximum atomic E-state index is 11.7. The summed E-state index contributed by atoms with van der Waals surface area (Å²) < 4.78 is 5.53. The fraction of sp³-hybridized carbons (Fsp3) is 0.583. The molecule has 1 aromatic heterocycles. The molecule has 1 heterocycles. The van der Waals surface area contributed by atoms with Crippen molar-refractivity contribution >= 4 is 21.8 Å². The van der Waals surface area contributed by atoms with Gasteiger partial charge in [-0.3, -0.25) is 4.79 Å². The Morgan fingerprint density at radius 2 is 2.25 bits per heavy atom. The number of carbonyl (C=O) groups is 1. The number of rotatable bonds is 4. The number of amides is 1. The van der Waals surface area contributed by atoms with Gasteiger partial charge in [-0.2, -0.15) is 0 Å². The van der Waals surface area contributed by atoms with Crippen molar-refractivity contribution in [2.24, 2.45) is 5.92 Å². The average Bonchev–Trinajstić information content (AvgIpc) is 2.88. The molecule has 0 unspecified atom stereocenters. The molecule has 1 fully saturated rings. The van der Waals surface area contributed by atoms with Crippen LogP contribution in [-0.2, 0) is 0 Å². The van der Waals surface area contributed by atoms with Crippen LogP contribution in [0.3, 0.4) is 0 Å². The van der Waals surface area contributed by atoms with Gasteiger partial charge in [0, 0.05) is 6.54 Å². The summed E-state index contributed by atoms with van der Waals surface area (Å²) in [5, 5.41) is 2.92. The second-order valence-electron chi connectivity index (χ2n) is 4.30. The summed E-state index contributed by atoms with van der Waals surface area (Å²) >= 11 is 3.20. The van der Waals surface area contributed by atoms with E-state index in [1.165, 1.54) is 31.9 Å². The van der Waals surface area contributed by atoms with Crippen LogP contribution in [-0.4, -0.2) is 12.5 Å². The highest BCUT2D eigenvalue weighted by molar-refractivity contribution is 9.10. The minimum atomic E-state index is -0.0568. The van der Waals surface area contributed by atoms with Gasteiger partial charge in [-0.05, 0) is 34.3 Å². The highest BCUT2D eigenvalue weighted by atomic mass is 79.9. The van der Waals surface area contributed by atoms with Crippen LogP contribution in [0.25, 0.3) is 0 Å². The molecule has 4 heteroatoms. The Bertz CT molecular complexity index is 356. The molecular weight excluding hydrogens is 270 g/mol. The maximum Gasteiger partial charge on any atom is 0.255 e. The zero-order valence-electron chi connectivity index (χ0n) is 9.17. The molecule has 1 aliphatic carbocycles. The van der Waals surface area contributed by atoms with Gasteiger partial charge in [-0.25, -0.2) is 0 Å². The second-order valence-corrected chi connectivity index (χ2v) is 5.02. The summed E-state index contributed by atoms with van der Waals surface area (Å²) in [6, 6.07) is 1.68. The van der Waals surface area contributed by atoms with Gasteiger partial charge >= 0.3 is 0 Å². The molecule has 0 bridgehead atoms. The van der Waals surface area contributed by atoms with E-state index < -0.39 is 0 Å². The zero-order chi connectivity index (χ0) is 11.4. The van der Waals surface area contributed by atoms with Crippen molar-refractivity contribution in [2.45, 2.75) is 32.1 Å². The number of furan rings is 1. The van der Waals surface area contributed by atoms with Crippen molar-refractivity contribution in [2.75, 3.05) is 6.54 Å². The van der Waals surface area contributed by atoms with Crippen LogP contribution >= 0.6 is 15.9 Å². The first kappa shape index (κ1) is 11.7. The molecule has 0 atom stereocenters. The fourth-order valence-corrected chi connectivity index (χ4v) is 2.66. The van der Waals surface area contributed by atoms with Gasteiger partial charge in [0.15, 0.2) is 4.67 Å². The van der Waals surface area contributed by atoms with Crippen LogP contribution in [0, 0.1) is 5.92 Å². The number of halogens is 1. The van der Waals surface area contributed by atoms with Crippen molar-refractivity contribution in [3.63, 3.8) is 0 Å². The van der Waals surface area contributed by atoms with Crippen LogP contribution in [0.5, 0.6) is 0 Å². The van der Waals surface area contributed by atoms with Gasteiger partial charge < -0.3 is 9.73 Å². The van der Waals surface area contributed by atoms with E-state index in [9.17, 15) is 4.79 Å². The van der Waals surface area contributed by atoms with E-state index in [0.717, 1.165) is 18.9 Å². The molecule has 0 aliphatic heterocycles. The van der Waals surface area contributed by atoms with Crippen LogP contribution < -0.4 is 5.32 Å². The van der Waals surface area contributed by atoms with Crippen molar-refractivity contribution in [3.05, 3.63) is 22.6 Å². The Morgan fingerprint density at radius 1 is 1.50 bits per heavy atom. The molecule has 0 aromatic carbocycles. The molecule has 1 amide bonds. The third kappa shape index (κ3) is 2.88. The Labute approximate surface area is 104 Å². The van der Waals surface area contributed by atoms with E-state index in [4.69, 9.17) is 4.42 Å². The first-order valence-electron chi connectivity index (χ1n) is 5.78. The Hall–Kier alpha value is -0.770. The minimum absolute atomic E-state index is 0.0568. The third-order valence-electron chi connectivity index (χ3n) is 3.18. The van der Waals surface area contributed by atoms with E-state index in [-0.39, 0.29) is 5.91 Å². The summed E-state index contributed by atoms with van der Waals surface area (Å²) in [5.41, 5.74) is 0.575. The van der Waals surface area contributed by atoms with E-state index in [0.29, 0.717) is 10.2 Å². The monoisotopic (exact) mass is 285 g/mol. The van der Waals surface area contributed by atoms with Crippen LogP contribution in [0.4, 0.5) is 0 Å². The molecule has 1 aromatic rings. The minimum Gasteiger partial charge on any atom is -0.457 e. The fourth-order valence-electron chi connectivity index (χ4n) is 2.24. The Kier molecular flexibility index (Phi) is 4.04. The van der Waals surface area contributed by atoms with Gasteiger partial charge in [0.05, 0.1) is 11.8 Å². The molecule has 2 rings (SSSR count). The standard InChI is InChI=1S/C12H16BrNO2/c13-11-10(6-8-16-11)12(15)14-7-5-9-3-1-2-4-9/h6,8-9H,1-5,7H2,(H,14,15). The van der Waals surface area contributed by atoms with E-state index in [1.807, 2.05) is 0 Å². The van der Waals surface area contributed by atoms with Crippen molar-refractivity contribution in [1.29, 1.82) is 0 Å². The molecule has 1 aliphatic rings. The summed E-state index contributed by atoms with van der Waals surface area (Å²) in [6.45, 7) is 0.765. The summed E-state index contributed by atoms with van der Waals surface area (Å²) in [7, 11) is 0. The van der Waals surface area contributed by atoms with Crippen LogP contribution in [0.2, 0.25) is 0 Å². The van der Waals surface area contributed by atoms with Crippen LogP contribution in [0.15, 0.2) is 21.4 Å². The maximum absolute atomic E-state index is 11.7. The Morgan fingerprint density at radius 3 is 2.88 bits per heavy atom. The number of hydrogen-bond donors (Lipinski definition) is 1. The normalized spacial score (nSPS) is 16.6. The summed E-state index contributed by atoms with van der Waals surface area (Å²) in [6.07, 6.45) is 7.96. The highest BCUT2D eigenvalue weighted by Crippen LogP contribution is 2.27. The number of hydrogen-bond acceptors (Lipinski definition) is 2. The van der Waals surface area contributed by atoms with E-state index in [2.05, 4.69) is 21.2 Å². The molecular formula is C12H16BrNO2. The third-order valence-corrected chi connectivity index (χ3v) is 3.79. The lowest BCUT2D eigenvalue weighted by Gasteiger charge is -2.09. The summed E-state index contributed by atoms with van der Waals surface area (Å²) in [5.74, 6) is 0.756. The molecule has 0 radical (unpaired) electrons. The predicted molar refractivity (Wildman–Crippen MR) is 65.3 cm³/mol. The lowest BCUT2D eigenvalue weighted by atomic mass is 10.0. The molecule has 0 saturated heterocycles. The van der Waals surface area contributed by atoms with Gasteiger partial charge in [0.25, 0.3) is 5.91 Å². The van der Waals surface area contributed by atoms with E-state index >= 15 is 0 Å². The first-order chi connectivity index (χ1) is 7.77. The molecule has 3 nitrogen and oxygen atoms in total. The first-order valence-corrected chi connectivity index (χ1v) is 6.58. The van der Waals surface area contributed by atoms with Gasteiger partial charge in [0.2, 0.25) is 0 Å². The van der Waals surface area contributed by atoms with Gasteiger partial charge in [-0.1, -0.05) is 25.7 Å². The quantitative estimate of drug-likeness (QED) is 0.922. The van der Waals surface area contributed by atoms with Crippen molar-refractivity contribution in [3.8, 4) is 0 Å². The number of nitrogens with one attached hydrogen (secondary N) is 1. The van der Waals surface area contributed by atoms with E-state index in [1.54, 1.807) is 6.07 Å². The SMILES string of the molecule is O=C(NCCC1CCCC1)c1ccoc1Br. The lowest BCUT2D eigenvalue weighted by molar-refractivity contribution is 0.0949. The smallest absolute Gasteiger partial charge is 0.255 e. The van der Waals surface area contributed by atoms with Crippen molar-refractivity contribution in [1.82, 2.24) is 5.32 Å². The Balaban J connectivity index is 1.73. The zero-order valence-corrected chi connectivity index (χ0v) is 10.8. The largest absolute Gasteiger partial charge is 0.457 e. The second kappa shape index (κ2) is 5.53. The summed E-state index contributed by atoms with van der Waals surface area (Å²) in [4.78, 5) is 11.7. The molecule has 0 spiro atoms. The molecule has 16 heavy (non-hydrogen) atoms. The number of carbonyl (C=O) groups excluding carboxylic acids is 1. The van der Waals surface area contributed by atoms with Crippen LogP contribution in [0.1, 0.15) is 42.5 Å². The molecule has 88 valence electrons. The predicted octanol–water partition coefficient (Wildman–Crippen LogP) is 3.35. The van der Waals surface area contributed by atoms with Crippen molar-refractivity contribution < 1.29 is 9.21 Å². The lowest BCUT2D eigenvalue weighted by Crippen LogP contribution is -2.25. The average molecular weight is 286 g/mol. The highest BCUT2D eigenvalue weighted by Gasteiger charge is 2.16. The van der Waals surface area contributed by atoms with Gasteiger partial charge in [-0.15, -0.1) is 0 Å². The molecule has 1 saturated carbocycles. The molecule has 1 N–H and O–H groups in total.